The monoisotopic (exact) mass is 330 g/mol. The van der Waals surface area contributed by atoms with Gasteiger partial charge in [0, 0.05) is 44.2 Å². The predicted octanol–water partition coefficient (Wildman–Crippen LogP) is 1.73. The third-order valence-corrected chi connectivity index (χ3v) is 4.33. The van der Waals surface area contributed by atoms with E-state index in [9.17, 15) is 4.39 Å². The normalized spacial score (nSPS) is 21.0. The van der Waals surface area contributed by atoms with Crippen molar-refractivity contribution < 1.29 is 8.81 Å². The minimum Gasteiger partial charge on any atom is -0.408 e. The van der Waals surface area contributed by atoms with Gasteiger partial charge in [0.05, 0.1) is 18.3 Å². The van der Waals surface area contributed by atoms with Crippen molar-refractivity contribution in [1.29, 1.82) is 0 Å². The highest BCUT2D eigenvalue weighted by Gasteiger charge is 2.34. The first-order valence-corrected chi connectivity index (χ1v) is 8.03. The van der Waals surface area contributed by atoms with E-state index in [1.54, 1.807) is 6.92 Å². The van der Waals surface area contributed by atoms with Gasteiger partial charge in [0.25, 0.3) is 0 Å². The second kappa shape index (κ2) is 6.20. The molecule has 7 nitrogen and oxygen atoms in total. The summed E-state index contributed by atoms with van der Waals surface area (Å²) in [5, 5.41) is 15.6. The fourth-order valence-corrected chi connectivity index (χ4v) is 3.19. The van der Waals surface area contributed by atoms with Crippen molar-refractivity contribution in [2.75, 3.05) is 18.0 Å². The van der Waals surface area contributed by atoms with Gasteiger partial charge in [-0.15, -0.1) is 5.10 Å². The smallest absolute Gasteiger partial charge is 0.318 e. The zero-order valence-corrected chi connectivity index (χ0v) is 13.4. The lowest BCUT2D eigenvalue weighted by Gasteiger charge is -2.22. The van der Waals surface area contributed by atoms with Crippen LogP contribution in [0, 0.1) is 6.92 Å². The van der Waals surface area contributed by atoms with Gasteiger partial charge in [0.15, 0.2) is 0 Å². The van der Waals surface area contributed by atoms with E-state index in [1.807, 2.05) is 40.0 Å². The first-order valence-electron chi connectivity index (χ1n) is 8.03. The number of pyridine rings is 1. The first-order chi connectivity index (χ1) is 11.7. The SMILES string of the molecule is Cc1nnc(N2C[C@@H](F)C[C@H]2CNCc2cnn3ccccc23)o1. The molecule has 126 valence electrons. The van der Waals surface area contributed by atoms with E-state index < -0.39 is 6.17 Å². The van der Waals surface area contributed by atoms with Crippen molar-refractivity contribution in [3.63, 3.8) is 0 Å². The number of halogens is 1. The van der Waals surface area contributed by atoms with Crippen molar-refractivity contribution in [2.24, 2.45) is 0 Å². The lowest BCUT2D eigenvalue weighted by molar-refractivity contribution is 0.354. The van der Waals surface area contributed by atoms with Crippen molar-refractivity contribution in [3.05, 3.63) is 42.0 Å². The zero-order chi connectivity index (χ0) is 16.5. The van der Waals surface area contributed by atoms with Gasteiger partial charge in [-0.25, -0.2) is 8.91 Å². The Morgan fingerprint density at radius 1 is 1.38 bits per heavy atom. The van der Waals surface area contributed by atoms with Crippen molar-refractivity contribution in [3.8, 4) is 0 Å². The molecular formula is C16H19FN6O. The van der Waals surface area contributed by atoms with Crippen LogP contribution >= 0.6 is 0 Å². The molecule has 0 saturated carbocycles. The molecule has 1 saturated heterocycles. The van der Waals surface area contributed by atoms with Crippen molar-refractivity contribution in [2.45, 2.75) is 32.1 Å². The van der Waals surface area contributed by atoms with E-state index >= 15 is 0 Å². The predicted molar refractivity (Wildman–Crippen MR) is 86.6 cm³/mol. The summed E-state index contributed by atoms with van der Waals surface area (Å²) in [5.74, 6) is 0.491. The van der Waals surface area contributed by atoms with E-state index in [0.29, 0.717) is 38.0 Å². The molecule has 3 aromatic rings. The van der Waals surface area contributed by atoms with E-state index in [4.69, 9.17) is 4.42 Å². The molecule has 0 aromatic carbocycles. The fraction of sp³-hybridized carbons (Fsp3) is 0.438. The van der Waals surface area contributed by atoms with Gasteiger partial charge in [0.2, 0.25) is 5.89 Å². The molecule has 3 aromatic heterocycles. The summed E-state index contributed by atoms with van der Waals surface area (Å²) in [6.07, 6.45) is 3.36. The first kappa shape index (κ1) is 15.1. The highest BCUT2D eigenvalue weighted by Crippen LogP contribution is 2.26. The largest absolute Gasteiger partial charge is 0.408 e. The third-order valence-electron chi connectivity index (χ3n) is 4.33. The molecule has 0 radical (unpaired) electrons. The number of alkyl halides is 1. The Hall–Kier alpha value is -2.48. The Balaban J connectivity index is 1.41. The maximum atomic E-state index is 13.9. The van der Waals surface area contributed by atoms with Crippen LogP contribution in [0.4, 0.5) is 10.4 Å². The Morgan fingerprint density at radius 2 is 2.29 bits per heavy atom. The zero-order valence-electron chi connectivity index (χ0n) is 13.4. The van der Waals surface area contributed by atoms with Crippen LogP contribution in [0.25, 0.3) is 5.52 Å². The second-order valence-corrected chi connectivity index (χ2v) is 6.07. The summed E-state index contributed by atoms with van der Waals surface area (Å²) in [4.78, 5) is 1.85. The van der Waals surface area contributed by atoms with Crippen LogP contribution in [-0.4, -0.2) is 45.1 Å². The van der Waals surface area contributed by atoms with Crippen LogP contribution < -0.4 is 10.2 Å². The Bertz CT molecular complexity index is 831. The van der Waals surface area contributed by atoms with E-state index in [1.165, 1.54) is 0 Å². The Labute approximate surface area is 138 Å². The molecule has 1 aliphatic heterocycles. The molecule has 1 fully saturated rings. The second-order valence-electron chi connectivity index (χ2n) is 6.07. The minimum absolute atomic E-state index is 0.00156. The molecule has 4 heterocycles. The van der Waals surface area contributed by atoms with Crippen molar-refractivity contribution >= 4 is 11.5 Å². The number of anilines is 1. The highest BCUT2D eigenvalue weighted by atomic mass is 19.1. The maximum absolute atomic E-state index is 13.9. The van der Waals surface area contributed by atoms with Crippen molar-refractivity contribution in [1.82, 2.24) is 25.1 Å². The van der Waals surface area contributed by atoms with Gasteiger partial charge >= 0.3 is 6.01 Å². The standard InChI is InChI=1S/C16H19FN6O/c1-11-20-21-16(24-11)22-10-13(17)6-14(22)9-18-7-12-8-19-23-5-3-2-4-15(12)23/h2-5,8,13-14,18H,6-7,9-10H2,1H3/t13-,14-/m0/s1. The van der Waals surface area contributed by atoms with Gasteiger partial charge in [-0.3, -0.25) is 0 Å². The maximum Gasteiger partial charge on any atom is 0.318 e. The topological polar surface area (TPSA) is 71.5 Å². The summed E-state index contributed by atoms with van der Waals surface area (Å²) in [7, 11) is 0. The molecule has 0 bridgehead atoms. The number of nitrogens with one attached hydrogen (secondary N) is 1. The van der Waals surface area contributed by atoms with Gasteiger partial charge in [0.1, 0.15) is 6.17 Å². The molecule has 0 spiro atoms. The summed E-state index contributed by atoms with van der Waals surface area (Å²) in [6, 6.07) is 6.37. The number of rotatable bonds is 5. The van der Waals surface area contributed by atoms with E-state index in [0.717, 1.165) is 11.1 Å². The fourth-order valence-electron chi connectivity index (χ4n) is 3.19. The molecule has 0 aliphatic carbocycles. The molecule has 1 N–H and O–H groups in total. The molecule has 4 rings (SSSR count). The Morgan fingerprint density at radius 3 is 3.12 bits per heavy atom. The van der Waals surface area contributed by atoms with Crippen LogP contribution in [0.3, 0.4) is 0 Å². The lowest BCUT2D eigenvalue weighted by atomic mass is 10.2. The molecule has 1 aliphatic rings. The number of hydrogen-bond donors (Lipinski definition) is 1. The van der Waals surface area contributed by atoms with E-state index in [-0.39, 0.29) is 6.04 Å². The average molecular weight is 330 g/mol. The summed E-state index contributed by atoms with van der Waals surface area (Å²) < 4.78 is 21.1. The molecule has 2 atom stereocenters. The minimum atomic E-state index is -0.874. The molecular weight excluding hydrogens is 311 g/mol. The highest BCUT2D eigenvalue weighted by molar-refractivity contribution is 5.53. The van der Waals surface area contributed by atoms with Crippen LogP contribution in [0.5, 0.6) is 0 Å². The summed E-state index contributed by atoms with van der Waals surface area (Å²) in [6.45, 7) is 3.35. The van der Waals surface area contributed by atoms with Gasteiger partial charge in [-0.2, -0.15) is 5.10 Å². The third kappa shape index (κ3) is 2.84. The van der Waals surface area contributed by atoms with Crippen LogP contribution in [0.2, 0.25) is 0 Å². The van der Waals surface area contributed by atoms with Crippen LogP contribution in [0.15, 0.2) is 35.0 Å². The summed E-state index contributed by atoms with van der Waals surface area (Å²) in [5.41, 5.74) is 2.19. The number of aryl methyl sites for hydroxylation is 1. The number of fused-ring (bicyclic) bond motifs is 1. The molecule has 0 unspecified atom stereocenters. The van der Waals surface area contributed by atoms with Crippen LogP contribution in [0.1, 0.15) is 17.9 Å². The van der Waals surface area contributed by atoms with Gasteiger partial charge < -0.3 is 14.6 Å². The van der Waals surface area contributed by atoms with Gasteiger partial charge in [-0.05, 0) is 12.1 Å². The van der Waals surface area contributed by atoms with Crippen LogP contribution in [-0.2, 0) is 6.54 Å². The lowest BCUT2D eigenvalue weighted by Crippen LogP contribution is -2.38. The van der Waals surface area contributed by atoms with E-state index in [2.05, 4.69) is 20.6 Å². The van der Waals surface area contributed by atoms with Gasteiger partial charge in [-0.1, -0.05) is 11.2 Å². The number of aromatic nitrogens is 4. The average Bonchev–Trinajstić information content (AvgIpc) is 3.27. The summed E-state index contributed by atoms with van der Waals surface area (Å²) >= 11 is 0. The molecule has 0 amide bonds. The quantitative estimate of drug-likeness (QED) is 0.768. The number of nitrogens with zero attached hydrogens (tertiary/aromatic N) is 5. The molecule has 24 heavy (non-hydrogen) atoms. The molecule has 8 heteroatoms. The number of hydrogen-bond acceptors (Lipinski definition) is 6. The Kier molecular flexibility index (Phi) is 3.89.